The minimum absolute atomic E-state index is 0.692. The predicted octanol–water partition coefficient (Wildman–Crippen LogP) is 4.12. The van der Waals surface area contributed by atoms with Gasteiger partial charge in [0, 0.05) is 12.7 Å². The Labute approximate surface area is 102 Å². The van der Waals surface area contributed by atoms with Crippen LogP contribution in [-0.4, -0.2) is 11.5 Å². The van der Waals surface area contributed by atoms with Crippen LogP contribution in [0, 0.1) is 5.92 Å². The first-order valence-electron chi connectivity index (χ1n) is 6.20. The Bertz CT molecular complexity index is 304. The van der Waals surface area contributed by atoms with Crippen LogP contribution >= 0.6 is 11.6 Å². The van der Waals surface area contributed by atoms with Crippen molar-refractivity contribution in [2.45, 2.75) is 38.5 Å². The molecule has 2 nitrogen and oxygen atoms in total. The maximum absolute atomic E-state index is 5.78. The number of pyridine rings is 1. The van der Waals surface area contributed by atoms with E-state index in [2.05, 4.69) is 10.3 Å². The third-order valence-corrected chi connectivity index (χ3v) is 3.53. The van der Waals surface area contributed by atoms with Gasteiger partial charge in [-0.1, -0.05) is 43.7 Å². The summed E-state index contributed by atoms with van der Waals surface area (Å²) in [6.07, 6.45) is 10.1. The average molecular weight is 239 g/mol. The van der Waals surface area contributed by atoms with E-state index in [4.69, 9.17) is 11.6 Å². The summed E-state index contributed by atoms with van der Waals surface area (Å²) < 4.78 is 0. The van der Waals surface area contributed by atoms with Crippen LogP contribution in [0.1, 0.15) is 38.5 Å². The van der Waals surface area contributed by atoms with E-state index in [-0.39, 0.29) is 0 Å². The zero-order chi connectivity index (χ0) is 11.2. The molecule has 0 saturated heterocycles. The largest absolute Gasteiger partial charge is 0.370 e. The van der Waals surface area contributed by atoms with Gasteiger partial charge in [-0.2, -0.15) is 0 Å². The van der Waals surface area contributed by atoms with Crippen LogP contribution in [0.4, 0.5) is 5.82 Å². The van der Waals surface area contributed by atoms with Crippen molar-refractivity contribution in [2.24, 2.45) is 5.92 Å². The Balaban J connectivity index is 1.69. The van der Waals surface area contributed by atoms with Gasteiger partial charge in [0.25, 0.3) is 0 Å². The quantitative estimate of drug-likeness (QED) is 0.854. The first kappa shape index (κ1) is 11.7. The predicted molar refractivity (Wildman–Crippen MR) is 68.9 cm³/mol. The molecule has 0 aromatic carbocycles. The molecule has 16 heavy (non-hydrogen) atoms. The van der Waals surface area contributed by atoms with Crippen molar-refractivity contribution in [1.82, 2.24) is 4.98 Å². The molecule has 88 valence electrons. The van der Waals surface area contributed by atoms with E-state index < -0.39 is 0 Å². The summed E-state index contributed by atoms with van der Waals surface area (Å²) in [7, 11) is 0. The van der Waals surface area contributed by atoms with Gasteiger partial charge in [-0.3, -0.25) is 0 Å². The van der Waals surface area contributed by atoms with Crippen molar-refractivity contribution in [3.63, 3.8) is 0 Å². The Morgan fingerprint density at radius 2 is 2.06 bits per heavy atom. The number of hydrogen-bond acceptors (Lipinski definition) is 2. The lowest BCUT2D eigenvalue weighted by Crippen LogP contribution is -2.12. The fourth-order valence-corrected chi connectivity index (χ4v) is 2.47. The molecule has 0 unspecified atom stereocenters. The lowest BCUT2D eigenvalue weighted by Gasteiger charge is -2.21. The summed E-state index contributed by atoms with van der Waals surface area (Å²) in [6, 6.07) is 3.81. The van der Waals surface area contributed by atoms with Crippen molar-refractivity contribution in [3.05, 3.63) is 23.4 Å². The lowest BCUT2D eigenvalue weighted by molar-refractivity contribution is 0.345. The lowest BCUT2D eigenvalue weighted by atomic mass is 9.87. The number of nitrogens with zero attached hydrogens (tertiary/aromatic N) is 1. The van der Waals surface area contributed by atoms with Crippen LogP contribution in [0.5, 0.6) is 0 Å². The van der Waals surface area contributed by atoms with Gasteiger partial charge in [-0.25, -0.2) is 4.98 Å². The first-order valence-corrected chi connectivity index (χ1v) is 6.58. The average Bonchev–Trinajstić information content (AvgIpc) is 2.33. The minimum Gasteiger partial charge on any atom is -0.370 e. The summed E-state index contributed by atoms with van der Waals surface area (Å²) in [4.78, 5) is 4.22. The third kappa shape index (κ3) is 3.67. The van der Waals surface area contributed by atoms with E-state index in [1.807, 2.05) is 12.1 Å². The molecule has 0 atom stereocenters. The van der Waals surface area contributed by atoms with Crippen LogP contribution in [0.25, 0.3) is 0 Å². The third-order valence-electron chi connectivity index (χ3n) is 3.31. The fraction of sp³-hybridized carbons (Fsp3) is 0.615. The number of hydrogen-bond donors (Lipinski definition) is 1. The minimum atomic E-state index is 0.692. The summed E-state index contributed by atoms with van der Waals surface area (Å²) in [6.45, 7) is 1.03. The normalized spacial score (nSPS) is 17.3. The molecule has 0 radical (unpaired) electrons. The van der Waals surface area contributed by atoms with Crippen molar-refractivity contribution in [2.75, 3.05) is 11.9 Å². The van der Waals surface area contributed by atoms with Gasteiger partial charge in [-0.15, -0.1) is 0 Å². The molecule has 1 saturated carbocycles. The molecule has 1 aromatic rings. The SMILES string of the molecule is Clc1ccc(NCCC2CCCCC2)nc1. The summed E-state index contributed by atoms with van der Waals surface area (Å²) in [5.41, 5.74) is 0. The van der Waals surface area contributed by atoms with Gasteiger partial charge in [-0.05, 0) is 24.5 Å². The van der Waals surface area contributed by atoms with E-state index in [0.29, 0.717) is 5.02 Å². The molecular weight excluding hydrogens is 220 g/mol. The molecule has 0 spiro atoms. The van der Waals surface area contributed by atoms with Crippen LogP contribution in [0.2, 0.25) is 5.02 Å². The molecule has 2 rings (SSSR count). The van der Waals surface area contributed by atoms with Crippen molar-refractivity contribution >= 4 is 17.4 Å². The zero-order valence-electron chi connectivity index (χ0n) is 9.58. The second-order valence-corrected chi connectivity index (χ2v) is 5.02. The van der Waals surface area contributed by atoms with Gasteiger partial charge in [0.1, 0.15) is 5.82 Å². The molecule has 1 aliphatic carbocycles. The van der Waals surface area contributed by atoms with E-state index in [1.54, 1.807) is 6.20 Å². The standard InChI is InChI=1S/C13H19ClN2/c14-12-6-7-13(16-10-12)15-9-8-11-4-2-1-3-5-11/h6-7,10-11H,1-5,8-9H2,(H,15,16). The van der Waals surface area contributed by atoms with E-state index >= 15 is 0 Å². The molecule has 3 heteroatoms. The molecule has 1 fully saturated rings. The van der Waals surface area contributed by atoms with Crippen LogP contribution in [0.3, 0.4) is 0 Å². The van der Waals surface area contributed by atoms with Gasteiger partial charge in [0.2, 0.25) is 0 Å². The highest BCUT2D eigenvalue weighted by atomic mass is 35.5. The van der Waals surface area contributed by atoms with E-state index in [9.17, 15) is 0 Å². The zero-order valence-corrected chi connectivity index (χ0v) is 10.3. The number of aromatic nitrogens is 1. The van der Waals surface area contributed by atoms with Gasteiger partial charge in [0.15, 0.2) is 0 Å². The topological polar surface area (TPSA) is 24.9 Å². The summed E-state index contributed by atoms with van der Waals surface area (Å²) in [5, 5.41) is 4.04. The number of halogens is 1. The second kappa shape index (κ2) is 6.09. The molecule has 1 aromatic heterocycles. The smallest absolute Gasteiger partial charge is 0.125 e. The highest BCUT2D eigenvalue weighted by Crippen LogP contribution is 2.26. The Morgan fingerprint density at radius 1 is 1.25 bits per heavy atom. The molecule has 0 bridgehead atoms. The molecule has 1 aliphatic rings. The van der Waals surface area contributed by atoms with E-state index in [0.717, 1.165) is 18.3 Å². The maximum atomic E-state index is 5.78. The summed E-state index contributed by atoms with van der Waals surface area (Å²) >= 11 is 5.78. The maximum Gasteiger partial charge on any atom is 0.125 e. The molecule has 1 N–H and O–H groups in total. The number of anilines is 1. The highest BCUT2D eigenvalue weighted by Gasteiger charge is 2.12. The molecule has 1 heterocycles. The highest BCUT2D eigenvalue weighted by molar-refractivity contribution is 6.30. The van der Waals surface area contributed by atoms with Crippen LogP contribution in [0.15, 0.2) is 18.3 Å². The Hall–Kier alpha value is -0.760. The second-order valence-electron chi connectivity index (χ2n) is 4.58. The van der Waals surface area contributed by atoms with Gasteiger partial charge < -0.3 is 5.32 Å². The molecular formula is C13H19ClN2. The molecule has 0 aliphatic heterocycles. The fourth-order valence-electron chi connectivity index (χ4n) is 2.36. The summed E-state index contributed by atoms with van der Waals surface area (Å²) in [5.74, 6) is 1.86. The van der Waals surface area contributed by atoms with E-state index in [1.165, 1.54) is 38.5 Å². The monoisotopic (exact) mass is 238 g/mol. The van der Waals surface area contributed by atoms with Crippen LogP contribution in [-0.2, 0) is 0 Å². The Kier molecular flexibility index (Phi) is 4.46. The van der Waals surface area contributed by atoms with Gasteiger partial charge >= 0.3 is 0 Å². The van der Waals surface area contributed by atoms with Crippen molar-refractivity contribution in [3.8, 4) is 0 Å². The van der Waals surface area contributed by atoms with Crippen molar-refractivity contribution in [1.29, 1.82) is 0 Å². The number of rotatable bonds is 4. The van der Waals surface area contributed by atoms with Crippen LogP contribution < -0.4 is 5.32 Å². The first-order chi connectivity index (χ1) is 7.84. The van der Waals surface area contributed by atoms with Gasteiger partial charge in [0.05, 0.1) is 5.02 Å². The van der Waals surface area contributed by atoms with Crippen molar-refractivity contribution < 1.29 is 0 Å². The molecule has 0 amide bonds. The Morgan fingerprint density at radius 3 is 2.75 bits per heavy atom. The number of nitrogens with one attached hydrogen (secondary N) is 1.